The minimum atomic E-state index is -0.929. The molecule has 1 amide bonds. The van der Waals surface area contributed by atoms with E-state index in [4.69, 9.17) is 4.42 Å². The highest BCUT2D eigenvalue weighted by Gasteiger charge is 2.19. The average Bonchev–Trinajstić information content (AvgIpc) is 3.16. The Hall–Kier alpha value is -2.92. The van der Waals surface area contributed by atoms with Crippen molar-refractivity contribution in [3.8, 4) is 11.1 Å². The van der Waals surface area contributed by atoms with Crippen LogP contribution in [0.5, 0.6) is 0 Å². The molecule has 0 radical (unpaired) electrons. The van der Waals surface area contributed by atoms with Crippen molar-refractivity contribution in [2.45, 2.75) is 19.1 Å². The maximum absolute atomic E-state index is 13.0. The fraction of sp³-hybridized carbons (Fsp3) is 0.150. The second-order valence-corrected chi connectivity index (χ2v) is 5.85. The maximum atomic E-state index is 13.0. The Bertz CT molecular complexity index is 844. The van der Waals surface area contributed by atoms with E-state index in [1.54, 1.807) is 37.6 Å². The smallest absolute Gasteiger partial charge is 0.251 e. The number of benzene rings is 2. The van der Waals surface area contributed by atoms with E-state index in [-0.39, 0.29) is 11.7 Å². The summed E-state index contributed by atoms with van der Waals surface area (Å²) in [6.45, 7) is 1.70. The molecule has 2 atom stereocenters. The average molecular weight is 339 g/mol. The van der Waals surface area contributed by atoms with E-state index in [9.17, 15) is 14.3 Å². The van der Waals surface area contributed by atoms with Crippen LogP contribution in [0.3, 0.4) is 0 Å². The second-order valence-electron chi connectivity index (χ2n) is 5.85. The molecule has 2 aromatic carbocycles. The molecule has 0 aliphatic carbocycles. The lowest BCUT2D eigenvalue weighted by Crippen LogP contribution is -2.37. The predicted octanol–water partition coefficient (Wildman–Crippen LogP) is 3.94. The van der Waals surface area contributed by atoms with Crippen LogP contribution < -0.4 is 5.32 Å². The number of aliphatic hydroxyl groups excluding tert-OH is 1. The Morgan fingerprint density at radius 2 is 1.88 bits per heavy atom. The van der Waals surface area contributed by atoms with Gasteiger partial charge in [0.25, 0.3) is 5.91 Å². The maximum Gasteiger partial charge on any atom is 0.251 e. The topological polar surface area (TPSA) is 62.5 Å². The number of amides is 1. The van der Waals surface area contributed by atoms with Gasteiger partial charge in [-0.25, -0.2) is 4.39 Å². The molecule has 0 aliphatic rings. The zero-order valence-electron chi connectivity index (χ0n) is 13.6. The summed E-state index contributed by atoms with van der Waals surface area (Å²) in [5, 5.41) is 13.1. The number of carbonyl (C=O) groups excluding carboxylic acids is 1. The van der Waals surface area contributed by atoms with Crippen molar-refractivity contribution in [2.75, 3.05) is 0 Å². The van der Waals surface area contributed by atoms with Crippen LogP contribution in [0.2, 0.25) is 0 Å². The number of hydrogen-bond donors (Lipinski definition) is 2. The van der Waals surface area contributed by atoms with E-state index in [0.717, 1.165) is 11.1 Å². The summed E-state index contributed by atoms with van der Waals surface area (Å²) in [4.78, 5) is 12.5. The molecule has 0 aliphatic heterocycles. The van der Waals surface area contributed by atoms with Crippen LogP contribution in [0.1, 0.15) is 28.9 Å². The van der Waals surface area contributed by atoms with Gasteiger partial charge in [-0.15, -0.1) is 0 Å². The minimum Gasteiger partial charge on any atom is -0.472 e. The fourth-order valence-corrected chi connectivity index (χ4v) is 2.59. The van der Waals surface area contributed by atoms with Gasteiger partial charge in [-0.3, -0.25) is 4.79 Å². The van der Waals surface area contributed by atoms with E-state index in [0.29, 0.717) is 11.1 Å². The van der Waals surface area contributed by atoms with Gasteiger partial charge in [-0.05, 0) is 48.4 Å². The second kappa shape index (κ2) is 7.32. The predicted molar refractivity (Wildman–Crippen MR) is 92.4 cm³/mol. The summed E-state index contributed by atoms with van der Waals surface area (Å²) in [6.07, 6.45) is 2.25. The van der Waals surface area contributed by atoms with Crippen molar-refractivity contribution in [3.05, 3.63) is 84.1 Å². The molecule has 4 nitrogen and oxygen atoms in total. The van der Waals surface area contributed by atoms with Gasteiger partial charge in [0, 0.05) is 11.1 Å². The van der Waals surface area contributed by atoms with Crippen molar-refractivity contribution in [3.63, 3.8) is 0 Å². The Balaban J connectivity index is 1.71. The van der Waals surface area contributed by atoms with Gasteiger partial charge in [-0.1, -0.05) is 24.3 Å². The van der Waals surface area contributed by atoms with Gasteiger partial charge < -0.3 is 14.8 Å². The van der Waals surface area contributed by atoms with Crippen LogP contribution in [0, 0.1) is 5.82 Å². The van der Waals surface area contributed by atoms with Crippen molar-refractivity contribution in [1.82, 2.24) is 5.32 Å². The summed E-state index contributed by atoms with van der Waals surface area (Å²) < 4.78 is 18.0. The Morgan fingerprint density at radius 1 is 1.12 bits per heavy atom. The number of aliphatic hydroxyl groups is 1. The quantitative estimate of drug-likeness (QED) is 0.740. The number of carbonyl (C=O) groups is 1. The molecule has 128 valence electrons. The Morgan fingerprint density at radius 3 is 2.56 bits per heavy atom. The van der Waals surface area contributed by atoms with Crippen LogP contribution in [0.4, 0.5) is 4.39 Å². The summed E-state index contributed by atoms with van der Waals surface area (Å²) in [5.41, 5.74) is 2.78. The molecule has 0 bridgehead atoms. The largest absolute Gasteiger partial charge is 0.472 e. The lowest BCUT2D eigenvalue weighted by atomic mass is 10.0. The number of halogens is 1. The molecule has 2 N–H and O–H groups in total. The number of nitrogens with one attached hydrogen (secondary N) is 1. The first-order valence-corrected chi connectivity index (χ1v) is 7.91. The van der Waals surface area contributed by atoms with Crippen LogP contribution in [0.15, 0.2) is 71.5 Å². The van der Waals surface area contributed by atoms with Gasteiger partial charge in [0.1, 0.15) is 5.82 Å². The highest BCUT2D eigenvalue weighted by molar-refractivity contribution is 5.95. The number of furan rings is 1. The molecule has 5 heteroatoms. The van der Waals surface area contributed by atoms with Crippen LogP contribution in [-0.2, 0) is 0 Å². The van der Waals surface area contributed by atoms with Crippen LogP contribution >= 0.6 is 0 Å². The van der Waals surface area contributed by atoms with Gasteiger partial charge >= 0.3 is 0 Å². The zero-order chi connectivity index (χ0) is 17.8. The third kappa shape index (κ3) is 3.95. The Kier molecular flexibility index (Phi) is 4.95. The molecule has 1 heterocycles. The van der Waals surface area contributed by atoms with Gasteiger partial charge in [-0.2, -0.15) is 0 Å². The molecule has 25 heavy (non-hydrogen) atoms. The standard InChI is InChI=1S/C20H18FNO3/c1-13(19(23)14-5-7-18(21)8-6-14)22-20(24)16-4-2-3-15(11-16)17-9-10-25-12-17/h2-13,19,23H,1H3,(H,22,24). The van der Waals surface area contributed by atoms with E-state index in [1.165, 1.54) is 24.3 Å². The van der Waals surface area contributed by atoms with E-state index >= 15 is 0 Å². The summed E-state index contributed by atoms with van der Waals surface area (Å²) in [7, 11) is 0. The lowest BCUT2D eigenvalue weighted by molar-refractivity contribution is 0.0852. The molecule has 0 saturated heterocycles. The first kappa shape index (κ1) is 16.9. The number of hydrogen-bond acceptors (Lipinski definition) is 3. The van der Waals surface area contributed by atoms with E-state index < -0.39 is 12.1 Å². The normalized spacial score (nSPS) is 13.2. The van der Waals surface area contributed by atoms with Crippen molar-refractivity contribution >= 4 is 5.91 Å². The van der Waals surface area contributed by atoms with Gasteiger partial charge in [0.05, 0.1) is 24.7 Å². The molecule has 2 unspecified atom stereocenters. The van der Waals surface area contributed by atoms with Crippen molar-refractivity contribution < 1.29 is 18.7 Å². The van der Waals surface area contributed by atoms with Crippen LogP contribution in [-0.4, -0.2) is 17.1 Å². The third-order valence-corrected chi connectivity index (χ3v) is 4.02. The molecule has 1 aromatic heterocycles. The fourth-order valence-electron chi connectivity index (χ4n) is 2.59. The highest BCUT2D eigenvalue weighted by atomic mass is 19.1. The lowest BCUT2D eigenvalue weighted by Gasteiger charge is -2.21. The molecule has 0 spiro atoms. The van der Waals surface area contributed by atoms with E-state index in [1.807, 2.05) is 12.1 Å². The molecular formula is C20H18FNO3. The molecular weight excluding hydrogens is 321 g/mol. The third-order valence-electron chi connectivity index (χ3n) is 4.02. The monoisotopic (exact) mass is 339 g/mol. The molecule has 3 aromatic rings. The molecule has 0 saturated carbocycles. The summed E-state index contributed by atoms with van der Waals surface area (Å²) in [6, 6.07) is 14.0. The first-order chi connectivity index (χ1) is 12.0. The summed E-state index contributed by atoms with van der Waals surface area (Å²) >= 11 is 0. The molecule has 3 rings (SSSR count). The summed E-state index contributed by atoms with van der Waals surface area (Å²) in [5.74, 6) is -0.664. The molecule has 0 fully saturated rings. The highest BCUT2D eigenvalue weighted by Crippen LogP contribution is 2.21. The zero-order valence-corrected chi connectivity index (χ0v) is 13.6. The van der Waals surface area contributed by atoms with Crippen molar-refractivity contribution in [2.24, 2.45) is 0 Å². The minimum absolute atomic E-state index is 0.293. The van der Waals surface area contributed by atoms with Crippen LogP contribution in [0.25, 0.3) is 11.1 Å². The van der Waals surface area contributed by atoms with Crippen molar-refractivity contribution in [1.29, 1.82) is 0 Å². The van der Waals surface area contributed by atoms with E-state index in [2.05, 4.69) is 5.32 Å². The first-order valence-electron chi connectivity index (χ1n) is 7.91. The Labute approximate surface area is 144 Å². The van der Waals surface area contributed by atoms with Gasteiger partial charge in [0.2, 0.25) is 0 Å². The number of rotatable bonds is 5. The van der Waals surface area contributed by atoms with Gasteiger partial charge in [0.15, 0.2) is 0 Å². The SMILES string of the molecule is CC(NC(=O)c1cccc(-c2ccoc2)c1)C(O)c1ccc(F)cc1.